The van der Waals surface area contributed by atoms with Crippen molar-refractivity contribution < 1.29 is 18.7 Å². The Morgan fingerprint density at radius 1 is 1.13 bits per heavy atom. The van der Waals surface area contributed by atoms with E-state index in [-0.39, 0.29) is 17.8 Å². The van der Waals surface area contributed by atoms with E-state index in [0.717, 1.165) is 19.4 Å². The summed E-state index contributed by atoms with van der Waals surface area (Å²) in [5, 5.41) is 2.87. The highest BCUT2D eigenvalue weighted by Crippen LogP contribution is 2.21. The summed E-state index contributed by atoms with van der Waals surface area (Å²) in [4.78, 5) is 12.1. The van der Waals surface area contributed by atoms with Gasteiger partial charge in [0.05, 0.1) is 6.10 Å². The molecule has 3 rings (SSSR count). The minimum atomic E-state index is -0.310. The molecule has 0 saturated carbocycles. The summed E-state index contributed by atoms with van der Waals surface area (Å²) < 4.78 is 23.9. The molecule has 2 aromatic carbocycles. The second-order valence-corrected chi connectivity index (χ2v) is 5.43. The Morgan fingerprint density at radius 2 is 1.78 bits per heavy atom. The molecule has 120 valence electrons. The average molecular weight is 315 g/mol. The van der Waals surface area contributed by atoms with Crippen LogP contribution in [0.5, 0.6) is 11.5 Å². The van der Waals surface area contributed by atoms with Gasteiger partial charge in [-0.05, 0) is 61.4 Å². The van der Waals surface area contributed by atoms with Crippen molar-refractivity contribution in [1.29, 1.82) is 0 Å². The summed E-state index contributed by atoms with van der Waals surface area (Å²) in [7, 11) is 0. The van der Waals surface area contributed by atoms with Gasteiger partial charge in [0.2, 0.25) is 0 Å². The molecule has 5 heteroatoms. The normalized spacial score (nSPS) is 17.0. The number of benzene rings is 2. The Bertz CT molecular complexity index is 649. The van der Waals surface area contributed by atoms with Crippen LogP contribution >= 0.6 is 0 Å². The van der Waals surface area contributed by atoms with Gasteiger partial charge < -0.3 is 14.8 Å². The second kappa shape index (κ2) is 7.24. The summed E-state index contributed by atoms with van der Waals surface area (Å²) >= 11 is 0. The predicted octanol–water partition coefficient (Wildman–Crippen LogP) is 3.53. The summed E-state index contributed by atoms with van der Waals surface area (Å²) in [5.41, 5.74) is 0.564. The van der Waals surface area contributed by atoms with Gasteiger partial charge in [-0.15, -0.1) is 0 Å². The topological polar surface area (TPSA) is 47.6 Å². The number of hydrogen-bond acceptors (Lipinski definition) is 3. The van der Waals surface area contributed by atoms with Crippen LogP contribution in [-0.2, 0) is 4.74 Å². The third-order valence-corrected chi connectivity index (χ3v) is 3.68. The van der Waals surface area contributed by atoms with Crippen molar-refractivity contribution in [2.24, 2.45) is 0 Å². The molecule has 2 aromatic rings. The lowest BCUT2D eigenvalue weighted by molar-refractivity contribution is 0.0858. The Labute approximate surface area is 134 Å². The Kier molecular flexibility index (Phi) is 4.88. The molecule has 0 bridgehead atoms. The lowest BCUT2D eigenvalue weighted by Gasteiger charge is -2.11. The fourth-order valence-electron chi connectivity index (χ4n) is 2.43. The smallest absolute Gasteiger partial charge is 0.251 e. The minimum absolute atomic E-state index is 0.125. The number of amides is 1. The zero-order valence-corrected chi connectivity index (χ0v) is 12.6. The van der Waals surface area contributed by atoms with Crippen LogP contribution in [0.25, 0.3) is 0 Å². The maximum absolute atomic E-state index is 12.8. The fourth-order valence-corrected chi connectivity index (χ4v) is 2.43. The molecule has 1 aliphatic rings. The summed E-state index contributed by atoms with van der Waals surface area (Å²) in [6.45, 7) is 1.31. The van der Waals surface area contributed by atoms with E-state index in [0.29, 0.717) is 23.6 Å². The molecule has 4 nitrogen and oxygen atoms in total. The van der Waals surface area contributed by atoms with Gasteiger partial charge in [-0.3, -0.25) is 4.79 Å². The van der Waals surface area contributed by atoms with Crippen molar-refractivity contribution in [2.45, 2.75) is 18.9 Å². The molecule has 0 radical (unpaired) electrons. The van der Waals surface area contributed by atoms with Gasteiger partial charge in [-0.1, -0.05) is 0 Å². The molecule has 0 spiro atoms. The molecular weight excluding hydrogens is 297 g/mol. The third-order valence-electron chi connectivity index (χ3n) is 3.68. The van der Waals surface area contributed by atoms with Gasteiger partial charge in [0.1, 0.15) is 17.3 Å². The first-order chi connectivity index (χ1) is 11.2. The summed E-state index contributed by atoms with van der Waals surface area (Å²) in [5.74, 6) is 0.693. The molecular formula is C18H18FNO3. The summed E-state index contributed by atoms with van der Waals surface area (Å²) in [6.07, 6.45) is 2.17. The van der Waals surface area contributed by atoms with Crippen molar-refractivity contribution in [3.05, 3.63) is 59.9 Å². The number of ether oxygens (including phenoxy) is 2. The van der Waals surface area contributed by atoms with Crippen molar-refractivity contribution in [3.63, 3.8) is 0 Å². The van der Waals surface area contributed by atoms with E-state index in [4.69, 9.17) is 9.47 Å². The maximum atomic E-state index is 12.8. The molecule has 1 saturated heterocycles. The zero-order chi connectivity index (χ0) is 16.1. The van der Waals surface area contributed by atoms with Crippen molar-refractivity contribution in [3.8, 4) is 11.5 Å². The van der Waals surface area contributed by atoms with E-state index < -0.39 is 0 Å². The van der Waals surface area contributed by atoms with Crippen LogP contribution in [0.15, 0.2) is 48.5 Å². The van der Waals surface area contributed by atoms with Crippen LogP contribution in [0.2, 0.25) is 0 Å². The molecule has 1 fully saturated rings. The lowest BCUT2D eigenvalue weighted by atomic mass is 10.2. The van der Waals surface area contributed by atoms with E-state index >= 15 is 0 Å². The van der Waals surface area contributed by atoms with E-state index in [1.807, 2.05) is 0 Å². The molecule has 1 atom stereocenters. The second-order valence-electron chi connectivity index (χ2n) is 5.43. The highest BCUT2D eigenvalue weighted by molar-refractivity contribution is 5.94. The fraction of sp³-hybridized carbons (Fsp3) is 0.278. The van der Waals surface area contributed by atoms with Crippen LogP contribution in [0.4, 0.5) is 4.39 Å². The monoisotopic (exact) mass is 315 g/mol. The SMILES string of the molecule is O=C(NCC1CCCO1)c1ccc(Oc2ccc(F)cc2)cc1. The Hall–Kier alpha value is -2.40. The first kappa shape index (κ1) is 15.5. The predicted molar refractivity (Wildman–Crippen MR) is 84.2 cm³/mol. The van der Waals surface area contributed by atoms with Crippen LogP contribution in [0.3, 0.4) is 0 Å². The number of carbonyl (C=O) groups excluding carboxylic acids is 1. The quantitative estimate of drug-likeness (QED) is 0.918. The molecule has 23 heavy (non-hydrogen) atoms. The lowest BCUT2D eigenvalue weighted by Crippen LogP contribution is -2.31. The molecule has 1 N–H and O–H groups in total. The Morgan fingerprint density at radius 3 is 2.39 bits per heavy atom. The van der Waals surface area contributed by atoms with E-state index in [1.54, 1.807) is 36.4 Å². The van der Waals surface area contributed by atoms with Crippen molar-refractivity contribution in [1.82, 2.24) is 5.32 Å². The van der Waals surface area contributed by atoms with Crippen LogP contribution in [0, 0.1) is 5.82 Å². The largest absolute Gasteiger partial charge is 0.457 e. The van der Waals surface area contributed by atoms with Gasteiger partial charge in [0.25, 0.3) is 5.91 Å². The van der Waals surface area contributed by atoms with Gasteiger partial charge in [-0.25, -0.2) is 4.39 Å². The first-order valence-corrected chi connectivity index (χ1v) is 7.64. The molecule has 1 heterocycles. The van der Waals surface area contributed by atoms with Gasteiger partial charge in [0.15, 0.2) is 0 Å². The molecule has 0 aromatic heterocycles. The van der Waals surface area contributed by atoms with Crippen LogP contribution < -0.4 is 10.1 Å². The average Bonchev–Trinajstić information content (AvgIpc) is 3.09. The van der Waals surface area contributed by atoms with Crippen LogP contribution in [0.1, 0.15) is 23.2 Å². The van der Waals surface area contributed by atoms with Gasteiger partial charge >= 0.3 is 0 Å². The minimum Gasteiger partial charge on any atom is -0.457 e. The number of halogens is 1. The van der Waals surface area contributed by atoms with Gasteiger partial charge in [-0.2, -0.15) is 0 Å². The van der Waals surface area contributed by atoms with Gasteiger partial charge in [0, 0.05) is 18.7 Å². The maximum Gasteiger partial charge on any atom is 0.251 e. The highest BCUT2D eigenvalue weighted by Gasteiger charge is 2.16. The molecule has 1 amide bonds. The third kappa shape index (κ3) is 4.29. The van der Waals surface area contributed by atoms with E-state index in [1.165, 1.54) is 12.1 Å². The molecule has 0 aliphatic carbocycles. The van der Waals surface area contributed by atoms with E-state index in [9.17, 15) is 9.18 Å². The number of hydrogen-bond donors (Lipinski definition) is 1. The van der Waals surface area contributed by atoms with Crippen molar-refractivity contribution in [2.75, 3.05) is 13.2 Å². The highest BCUT2D eigenvalue weighted by atomic mass is 19.1. The Balaban J connectivity index is 1.55. The number of carbonyl (C=O) groups is 1. The summed E-state index contributed by atoms with van der Waals surface area (Å²) in [6, 6.07) is 12.6. The molecule has 1 unspecified atom stereocenters. The van der Waals surface area contributed by atoms with Crippen molar-refractivity contribution >= 4 is 5.91 Å². The van der Waals surface area contributed by atoms with E-state index in [2.05, 4.69) is 5.32 Å². The number of rotatable bonds is 5. The number of nitrogens with one attached hydrogen (secondary N) is 1. The standard InChI is InChI=1S/C18H18FNO3/c19-14-5-9-16(10-6-14)23-15-7-3-13(4-8-15)18(21)20-12-17-2-1-11-22-17/h3-10,17H,1-2,11-12H2,(H,20,21). The molecule has 1 aliphatic heterocycles. The first-order valence-electron chi connectivity index (χ1n) is 7.64. The zero-order valence-electron chi connectivity index (χ0n) is 12.6. The van der Waals surface area contributed by atoms with Crippen LogP contribution in [-0.4, -0.2) is 25.2 Å².